The van der Waals surface area contributed by atoms with Crippen LogP contribution in [0.15, 0.2) is 12.1 Å². The summed E-state index contributed by atoms with van der Waals surface area (Å²) < 4.78 is 5.86. The van der Waals surface area contributed by atoms with Crippen molar-refractivity contribution < 1.29 is 4.74 Å². The molecule has 0 fully saturated rings. The lowest BCUT2D eigenvalue weighted by atomic mass is 9.90. The molecule has 0 aliphatic carbocycles. The van der Waals surface area contributed by atoms with Crippen LogP contribution in [0.3, 0.4) is 0 Å². The second-order valence-corrected chi connectivity index (χ2v) is 5.71. The molecule has 0 spiro atoms. The van der Waals surface area contributed by atoms with Crippen molar-refractivity contribution in [1.82, 2.24) is 0 Å². The first kappa shape index (κ1) is 15.5. The minimum absolute atomic E-state index is 0.267. The number of nitrogens with zero attached hydrogens (tertiary/aromatic N) is 1. The van der Waals surface area contributed by atoms with Crippen molar-refractivity contribution in [3.05, 3.63) is 28.8 Å². The first-order valence-electron chi connectivity index (χ1n) is 6.74. The van der Waals surface area contributed by atoms with Crippen molar-refractivity contribution in [2.45, 2.75) is 47.1 Å². The van der Waals surface area contributed by atoms with E-state index < -0.39 is 0 Å². The van der Waals surface area contributed by atoms with Gasteiger partial charge in [-0.2, -0.15) is 5.26 Å². The molecule has 3 heteroatoms. The molecular formula is C16H24N2O. The molecular weight excluding hydrogens is 236 g/mol. The molecule has 0 atom stereocenters. The van der Waals surface area contributed by atoms with Gasteiger partial charge in [-0.1, -0.05) is 12.1 Å². The summed E-state index contributed by atoms with van der Waals surface area (Å²) in [6.45, 7) is 9.20. The summed E-state index contributed by atoms with van der Waals surface area (Å²) in [6, 6.07) is 6.45. The fraction of sp³-hybridized carbons (Fsp3) is 0.562. The normalized spacial score (nSPS) is 11.2. The molecule has 19 heavy (non-hydrogen) atoms. The fourth-order valence-electron chi connectivity index (χ4n) is 2.13. The molecule has 0 amide bonds. The third-order valence-electron chi connectivity index (χ3n) is 3.25. The molecule has 104 valence electrons. The molecule has 1 aromatic carbocycles. The van der Waals surface area contributed by atoms with Gasteiger partial charge in [0.05, 0.1) is 18.1 Å². The molecule has 2 N–H and O–H groups in total. The number of ether oxygens (including phenoxy) is 1. The highest BCUT2D eigenvalue weighted by molar-refractivity contribution is 5.43. The molecule has 0 saturated carbocycles. The van der Waals surface area contributed by atoms with Gasteiger partial charge in [-0.25, -0.2) is 0 Å². The highest BCUT2D eigenvalue weighted by Crippen LogP contribution is 2.26. The monoisotopic (exact) mass is 260 g/mol. The van der Waals surface area contributed by atoms with Crippen LogP contribution in [0.5, 0.6) is 5.75 Å². The number of hydrogen-bond donors (Lipinski definition) is 1. The summed E-state index contributed by atoms with van der Waals surface area (Å²) in [5, 5.41) is 8.95. The predicted octanol–water partition coefficient (Wildman–Crippen LogP) is 3.47. The minimum atomic E-state index is -0.267. The van der Waals surface area contributed by atoms with Crippen LogP contribution in [0, 0.1) is 30.6 Å². The van der Waals surface area contributed by atoms with Crippen molar-refractivity contribution >= 4 is 0 Å². The second kappa shape index (κ2) is 6.58. The van der Waals surface area contributed by atoms with E-state index in [-0.39, 0.29) is 5.41 Å². The quantitative estimate of drug-likeness (QED) is 0.797. The SMILES string of the molecule is Cc1cc(CN)cc(C)c1OCCCC(C)(C)C#N. The number of aryl methyl sites for hydroxylation is 2. The topological polar surface area (TPSA) is 59.0 Å². The van der Waals surface area contributed by atoms with E-state index in [1.165, 1.54) is 0 Å². The number of hydrogen-bond acceptors (Lipinski definition) is 3. The van der Waals surface area contributed by atoms with Crippen LogP contribution in [0.4, 0.5) is 0 Å². The highest BCUT2D eigenvalue weighted by Gasteiger charge is 2.16. The van der Waals surface area contributed by atoms with Gasteiger partial charge in [0.15, 0.2) is 0 Å². The van der Waals surface area contributed by atoms with Crippen molar-refractivity contribution in [2.75, 3.05) is 6.61 Å². The smallest absolute Gasteiger partial charge is 0.125 e. The Morgan fingerprint density at radius 3 is 2.32 bits per heavy atom. The van der Waals surface area contributed by atoms with Crippen molar-refractivity contribution in [2.24, 2.45) is 11.1 Å². The lowest BCUT2D eigenvalue weighted by molar-refractivity contribution is 0.281. The zero-order chi connectivity index (χ0) is 14.5. The van der Waals surface area contributed by atoms with Crippen LogP contribution in [0.1, 0.15) is 43.4 Å². The Kier molecular flexibility index (Phi) is 5.38. The van der Waals surface area contributed by atoms with E-state index in [2.05, 4.69) is 18.2 Å². The molecule has 0 aromatic heterocycles. The van der Waals surface area contributed by atoms with E-state index in [0.717, 1.165) is 35.3 Å². The maximum Gasteiger partial charge on any atom is 0.125 e. The van der Waals surface area contributed by atoms with Crippen LogP contribution >= 0.6 is 0 Å². The van der Waals surface area contributed by atoms with Crippen LogP contribution < -0.4 is 10.5 Å². The average molecular weight is 260 g/mol. The maximum absolute atomic E-state index is 8.95. The summed E-state index contributed by atoms with van der Waals surface area (Å²) in [7, 11) is 0. The van der Waals surface area contributed by atoms with Crippen molar-refractivity contribution in [1.29, 1.82) is 5.26 Å². The molecule has 3 nitrogen and oxygen atoms in total. The van der Waals surface area contributed by atoms with Gasteiger partial charge in [0, 0.05) is 6.54 Å². The van der Waals surface area contributed by atoms with Crippen molar-refractivity contribution in [3.63, 3.8) is 0 Å². The molecule has 0 bridgehead atoms. The number of rotatable bonds is 6. The number of benzene rings is 1. The fourth-order valence-corrected chi connectivity index (χ4v) is 2.13. The highest BCUT2D eigenvalue weighted by atomic mass is 16.5. The Balaban J connectivity index is 2.57. The second-order valence-electron chi connectivity index (χ2n) is 5.71. The molecule has 0 radical (unpaired) electrons. The minimum Gasteiger partial charge on any atom is -0.493 e. The Morgan fingerprint density at radius 2 is 1.84 bits per heavy atom. The summed E-state index contributed by atoms with van der Waals surface area (Å²) >= 11 is 0. The maximum atomic E-state index is 8.95. The van der Waals surface area contributed by atoms with Crippen LogP contribution in [0.25, 0.3) is 0 Å². The van der Waals surface area contributed by atoms with Gasteiger partial charge < -0.3 is 10.5 Å². The van der Waals surface area contributed by atoms with Gasteiger partial charge in [-0.05, 0) is 57.2 Å². The van der Waals surface area contributed by atoms with Crippen LogP contribution in [-0.4, -0.2) is 6.61 Å². The van der Waals surface area contributed by atoms with Gasteiger partial charge in [-0.15, -0.1) is 0 Å². The lowest BCUT2D eigenvalue weighted by Gasteiger charge is -2.17. The summed E-state index contributed by atoms with van der Waals surface area (Å²) in [5.41, 5.74) is 8.77. The molecule has 1 aromatic rings. The Morgan fingerprint density at radius 1 is 1.26 bits per heavy atom. The van der Waals surface area contributed by atoms with Crippen LogP contribution in [-0.2, 0) is 6.54 Å². The molecule has 0 heterocycles. The third kappa shape index (κ3) is 4.57. The van der Waals surface area contributed by atoms with Gasteiger partial charge in [0.2, 0.25) is 0 Å². The van der Waals surface area contributed by atoms with E-state index in [9.17, 15) is 0 Å². The van der Waals surface area contributed by atoms with E-state index in [4.69, 9.17) is 15.7 Å². The number of nitriles is 1. The lowest BCUT2D eigenvalue weighted by Crippen LogP contribution is -2.10. The van der Waals surface area contributed by atoms with Gasteiger partial charge in [0.25, 0.3) is 0 Å². The molecule has 1 rings (SSSR count). The van der Waals surface area contributed by atoms with E-state index in [0.29, 0.717) is 13.2 Å². The zero-order valence-corrected chi connectivity index (χ0v) is 12.4. The third-order valence-corrected chi connectivity index (χ3v) is 3.25. The van der Waals surface area contributed by atoms with Crippen molar-refractivity contribution in [3.8, 4) is 11.8 Å². The number of nitrogens with two attached hydrogens (primary N) is 1. The molecule has 0 saturated heterocycles. The van der Waals surface area contributed by atoms with Crippen LogP contribution in [0.2, 0.25) is 0 Å². The van der Waals surface area contributed by atoms with Gasteiger partial charge >= 0.3 is 0 Å². The molecule has 0 aliphatic rings. The van der Waals surface area contributed by atoms with Gasteiger partial charge in [0.1, 0.15) is 5.75 Å². The Hall–Kier alpha value is -1.53. The van der Waals surface area contributed by atoms with E-state index in [1.54, 1.807) is 0 Å². The zero-order valence-electron chi connectivity index (χ0n) is 12.4. The Bertz CT molecular complexity index is 449. The average Bonchev–Trinajstić information content (AvgIpc) is 2.36. The summed E-state index contributed by atoms with van der Waals surface area (Å²) in [5.74, 6) is 0.951. The summed E-state index contributed by atoms with van der Waals surface area (Å²) in [6.07, 6.45) is 1.74. The van der Waals surface area contributed by atoms with E-state index >= 15 is 0 Å². The Labute approximate surface area is 116 Å². The molecule has 0 unspecified atom stereocenters. The first-order chi connectivity index (χ1) is 8.89. The standard InChI is InChI=1S/C16H24N2O/c1-12-8-14(10-17)9-13(2)15(12)19-7-5-6-16(3,4)11-18/h8-9H,5-7,10,17H2,1-4H3. The largest absolute Gasteiger partial charge is 0.493 e. The predicted molar refractivity (Wildman–Crippen MR) is 77.9 cm³/mol. The summed E-state index contributed by atoms with van der Waals surface area (Å²) in [4.78, 5) is 0. The molecule has 0 aliphatic heterocycles. The van der Waals surface area contributed by atoms with E-state index in [1.807, 2.05) is 27.7 Å². The first-order valence-corrected chi connectivity index (χ1v) is 6.74. The van der Waals surface area contributed by atoms with Gasteiger partial charge in [-0.3, -0.25) is 0 Å².